The lowest BCUT2D eigenvalue weighted by molar-refractivity contribution is -0.0555. The van der Waals surface area contributed by atoms with Gasteiger partial charge in [-0.1, -0.05) is 19.1 Å². The lowest BCUT2D eigenvalue weighted by Gasteiger charge is -2.40. The van der Waals surface area contributed by atoms with E-state index in [1.54, 1.807) is 6.33 Å². The molecule has 4 atom stereocenters. The van der Waals surface area contributed by atoms with Crippen molar-refractivity contribution in [3.8, 4) is 0 Å². The maximum Gasteiger partial charge on any atom is 0.223 e. The van der Waals surface area contributed by atoms with E-state index >= 15 is 0 Å². The molecule has 31 heavy (non-hydrogen) atoms. The summed E-state index contributed by atoms with van der Waals surface area (Å²) < 4.78 is 8.61. The Morgan fingerprint density at radius 3 is 2.81 bits per heavy atom. The molecule has 3 fully saturated rings. The van der Waals surface area contributed by atoms with Crippen LogP contribution in [0.4, 0.5) is 11.8 Å². The largest absolute Gasteiger partial charge is 0.396 e. The summed E-state index contributed by atoms with van der Waals surface area (Å²) in [6, 6.07) is 7.93. The van der Waals surface area contributed by atoms with Gasteiger partial charge in [-0.05, 0) is 18.6 Å². The van der Waals surface area contributed by atoms with Gasteiger partial charge >= 0.3 is 0 Å². The van der Waals surface area contributed by atoms with Crippen LogP contribution in [0.5, 0.6) is 0 Å². The fourth-order valence-corrected chi connectivity index (χ4v) is 5.73. The van der Waals surface area contributed by atoms with Crippen molar-refractivity contribution in [3.05, 3.63) is 36.8 Å². The van der Waals surface area contributed by atoms with Crippen molar-refractivity contribution in [3.63, 3.8) is 0 Å². The molecule has 1 N–H and O–H groups in total. The second kappa shape index (κ2) is 7.13. The van der Waals surface area contributed by atoms with Crippen LogP contribution in [0.2, 0.25) is 0 Å². The Kier molecular flexibility index (Phi) is 4.36. The number of aromatic nitrogens is 5. The highest BCUT2D eigenvalue weighted by molar-refractivity contribution is 5.75. The van der Waals surface area contributed by atoms with Crippen molar-refractivity contribution in [1.29, 1.82) is 0 Å². The zero-order valence-electron chi connectivity index (χ0n) is 17.6. The number of aliphatic hydroxyl groups excluding tert-OH is 1. The Balaban J connectivity index is 1.32. The molecule has 1 spiro atoms. The maximum atomic E-state index is 10.2. The number of anilines is 2. The van der Waals surface area contributed by atoms with Crippen LogP contribution in [0.1, 0.15) is 13.3 Å². The van der Waals surface area contributed by atoms with Gasteiger partial charge < -0.3 is 19.6 Å². The van der Waals surface area contributed by atoms with Gasteiger partial charge in [0, 0.05) is 38.1 Å². The number of ether oxygens (including phenoxy) is 1. The quantitative estimate of drug-likeness (QED) is 0.660. The van der Waals surface area contributed by atoms with E-state index in [4.69, 9.17) is 9.72 Å². The van der Waals surface area contributed by atoms with E-state index in [9.17, 15) is 5.11 Å². The van der Waals surface area contributed by atoms with E-state index in [-0.39, 0.29) is 30.1 Å². The van der Waals surface area contributed by atoms with Gasteiger partial charge in [-0.3, -0.25) is 4.98 Å². The fourth-order valence-electron chi connectivity index (χ4n) is 5.73. The first-order chi connectivity index (χ1) is 15.2. The Labute approximate surface area is 180 Å². The van der Waals surface area contributed by atoms with Crippen molar-refractivity contribution >= 4 is 22.8 Å². The summed E-state index contributed by atoms with van der Waals surface area (Å²) in [6.07, 6.45) is 4.49. The van der Waals surface area contributed by atoms with E-state index in [0.29, 0.717) is 0 Å². The van der Waals surface area contributed by atoms with Crippen LogP contribution in [-0.4, -0.2) is 74.3 Å². The molecule has 2 bridgehead atoms. The molecule has 3 aliphatic heterocycles. The molecule has 9 heteroatoms. The number of fused-ring (bicyclic) bond motifs is 2. The van der Waals surface area contributed by atoms with Gasteiger partial charge in [0.15, 0.2) is 0 Å². The second-order valence-corrected chi connectivity index (χ2v) is 8.94. The van der Waals surface area contributed by atoms with E-state index in [1.165, 1.54) is 0 Å². The first-order valence-electron chi connectivity index (χ1n) is 11.1. The number of aliphatic hydroxyl groups is 1. The Bertz CT molecular complexity index is 1100. The van der Waals surface area contributed by atoms with Crippen molar-refractivity contribution in [2.75, 3.05) is 42.6 Å². The standard InChI is InChI=1S/C22H27N7O2/c1-2-7-29-21(24-14-25-29)28-10-19-15(11-30)16-9-27(12-22(16,13-28)31-19)20-8-23-17-5-3-4-6-18(17)26-20/h3-6,8,14-16,19,30H,2,7,9-13H2,1H3/t15-,16+,19+,22-/m0/s1. The van der Waals surface area contributed by atoms with Gasteiger partial charge in [0.05, 0.1) is 36.4 Å². The smallest absolute Gasteiger partial charge is 0.223 e. The Morgan fingerprint density at radius 2 is 1.97 bits per heavy atom. The van der Waals surface area contributed by atoms with E-state index < -0.39 is 0 Å². The monoisotopic (exact) mass is 421 g/mol. The number of benzene rings is 1. The minimum absolute atomic E-state index is 0.000337. The molecule has 5 heterocycles. The highest BCUT2D eigenvalue weighted by Gasteiger charge is 2.63. The van der Waals surface area contributed by atoms with Crippen molar-refractivity contribution < 1.29 is 9.84 Å². The first-order valence-corrected chi connectivity index (χ1v) is 11.1. The van der Waals surface area contributed by atoms with E-state index in [1.807, 2.05) is 35.1 Å². The number of hydrogen-bond acceptors (Lipinski definition) is 8. The molecule has 3 saturated heterocycles. The molecule has 2 aromatic heterocycles. The van der Waals surface area contributed by atoms with Crippen molar-refractivity contribution in [2.45, 2.75) is 31.6 Å². The summed E-state index contributed by atoms with van der Waals surface area (Å²) in [7, 11) is 0. The van der Waals surface area contributed by atoms with Gasteiger partial charge in [-0.25, -0.2) is 9.67 Å². The number of morpholine rings is 1. The van der Waals surface area contributed by atoms with E-state index in [2.05, 4.69) is 31.8 Å². The molecule has 3 aliphatic rings. The number of para-hydroxylation sites is 2. The van der Waals surface area contributed by atoms with Crippen LogP contribution < -0.4 is 9.80 Å². The minimum Gasteiger partial charge on any atom is -0.396 e. The van der Waals surface area contributed by atoms with E-state index in [0.717, 1.165) is 61.9 Å². The summed E-state index contributed by atoms with van der Waals surface area (Å²) in [4.78, 5) is 18.6. The normalized spacial score (nSPS) is 29.7. The molecule has 0 radical (unpaired) electrons. The summed E-state index contributed by atoms with van der Waals surface area (Å²) >= 11 is 0. The summed E-state index contributed by atoms with van der Waals surface area (Å²) in [5.41, 5.74) is 1.43. The van der Waals surface area contributed by atoms with Crippen LogP contribution in [0, 0.1) is 11.8 Å². The molecular weight excluding hydrogens is 394 g/mol. The SMILES string of the molecule is CCCn1ncnc1N1C[C@H]2O[C@@]3(CN(c4cnc5ccccc5n4)C[C@@H]3[C@@H]2CO)C1. The summed E-state index contributed by atoms with van der Waals surface area (Å²) in [5.74, 6) is 2.11. The van der Waals surface area contributed by atoms with Gasteiger partial charge in [0.1, 0.15) is 17.7 Å². The lowest BCUT2D eigenvalue weighted by atomic mass is 9.83. The number of rotatable bonds is 5. The molecule has 3 aromatic rings. The third-order valence-corrected chi connectivity index (χ3v) is 7.07. The number of aryl methyl sites for hydroxylation is 1. The Hall–Kier alpha value is -2.78. The maximum absolute atomic E-state index is 10.2. The molecule has 6 rings (SSSR count). The topological polar surface area (TPSA) is 92.4 Å². The van der Waals surface area contributed by atoms with Crippen molar-refractivity contribution in [1.82, 2.24) is 24.7 Å². The van der Waals surface area contributed by atoms with Gasteiger partial charge in [0.25, 0.3) is 0 Å². The number of hydrogen-bond donors (Lipinski definition) is 1. The van der Waals surface area contributed by atoms with Crippen LogP contribution in [0.3, 0.4) is 0 Å². The summed E-state index contributed by atoms with van der Waals surface area (Å²) in [6.45, 7) is 6.14. The number of nitrogens with zero attached hydrogens (tertiary/aromatic N) is 7. The van der Waals surface area contributed by atoms with Gasteiger partial charge in [0.2, 0.25) is 5.95 Å². The second-order valence-electron chi connectivity index (χ2n) is 8.94. The zero-order valence-corrected chi connectivity index (χ0v) is 17.6. The first kappa shape index (κ1) is 18.9. The highest BCUT2D eigenvalue weighted by atomic mass is 16.5. The van der Waals surface area contributed by atoms with Gasteiger partial charge in [-0.15, -0.1) is 0 Å². The summed E-state index contributed by atoms with van der Waals surface area (Å²) in [5, 5.41) is 14.6. The molecule has 0 unspecified atom stereocenters. The Morgan fingerprint density at radius 1 is 1.13 bits per heavy atom. The molecule has 162 valence electrons. The van der Waals surface area contributed by atoms with Crippen LogP contribution in [-0.2, 0) is 11.3 Å². The molecule has 9 nitrogen and oxygen atoms in total. The van der Waals surface area contributed by atoms with Crippen LogP contribution in [0.25, 0.3) is 11.0 Å². The molecule has 1 aromatic carbocycles. The molecule has 0 aliphatic carbocycles. The molecular formula is C22H27N7O2. The van der Waals surface area contributed by atoms with Crippen LogP contribution in [0.15, 0.2) is 36.8 Å². The minimum atomic E-state index is -0.355. The average Bonchev–Trinajstić information content (AvgIpc) is 3.44. The predicted molar refractivity (Wildman–Crippen MR) is 116 cm³/mol. The molecule has 0 saturated carbocycles. The zero-order chi connectivity index (χ0) is 21.0. The highest BCUT2D eigenvalue weighted by Crippen LogP contribution is 2.50. The van der Waals surface area contributed by atoms with Crippen LogP contribution >= 0.6 is 0 Å². The molecule has 0 amide bonds. The third-order valence-electron chi connectivity index (χ3n) is 7.07. The van der Waals surface area contributed by atoms with Gasteiger partial charge in [-0.2, -0.15) is 10.1 Å². The lowest BCUT2D eigenvalue weighted by Crippen LogP contribution is -2.55. The fraction of sp³-hybridized carbons (Fsp3) is 0.545. The van der Waals surface area contributed by atoms with Crippen molar-refractivity contribution in [2.24, 2.45) is 11.8 Å². The average molecular weight is 422 g/mol. The predicted octanol–water partition coefficient (Wildman–Crippen LogP) is 1.33. The third kappa shape index (κ3) is 2.90.